The summed E-state index contributed by atoms with van der Waals surface area (Å²) in [6.07, 6.45) is 0. The van der Waals surface area contributed by atoms with Crippen LogP contribution in [0.1, 0.15) is 21.5 Å². The van der Waals surface area contributed by atoms with Crippen LogP contribution in [-0.4, -0.2) is 14.2 Å². The molecular weight excluding hydrogens is 384 g/mol. The van der Waals surface area contributed by atoms with Crippen LogP contribution in [0.15, 0.2) is 40.9 Å². The molecule has 2 aromatic carbocycles. The fraction of sp³-hybridized carbons (Fsp3) is 0.250. The topological polar surface area (TPSA) is 18.5 Å². The van der Waals surface area contributed by atoms with Crippen LogP contribution in [0.5, 0.6) is 11.5 Å². The van der Waals surface area contributed by atoms with Crippen molar-refractivity contribution in [3.63, 3.8) is 0 Å². The van der Waals surface area contributed by atoms with Crippen molar-refractivity contribution in [2.24, 2.45) is 0 Å². The maximum Gasteiger partial charge on any atom is 0.161 e. The first kappa shape index (κ1) is 15.4. The van der Waals surface area contributed by atoms with Crippen LogP contribution in [0.2, 0.25) is 0 Å². The summed E-state index contributed by atoms with van der Waals surface area (Å²) in [7, 11) is 3.28. The van der Waals surface area contributed by atoms with Crippen molar-refractivity contribution in [1.82, 2.24) is 0 Å². The monoisotopic (exact) mass is 398 g/mol. The lowest BCUT2D eigenvalue weighted by atomic mass is 10.0. The summed E-state index contributed by atoms with van der Waals surface area (Å²) in [6.45, 7) is 2.09. The Labute approximate surface area is 136 Å². The number of alkyl halides is 1. The minimum atomic E-state index is 0.0941. The molecule has 0 fully saturated rings. The molecule has 0 bridgehead atoms. The van der Waals surface area contributed by atoms with Crippen LogP contribution in [0, 0.1) is 6.92 Å². The SMILES string of the molecule is COc1cc(Br)c(C(Br)c2cccc(C)c2)cc1OC. The number of rotatable bonds is 4. The summed E-state index contributed by atoms with van der Waals surface area (Å²) in [5, 5.41) is 0. The minimum absolute atomic E-state index is 0.0941. The predicted octanol–water partition coefficient (Wildman–Crippen LogP) is 5.26. The van der Waals surface area contributed by atoms with Gasteiger partial charge in [-0.05, 0) is 30.2 Å². The van der Waals surface area contributed by atoms with Gasteiger partial charge in [-0.2, -0.15) is 0 Å². The summed E-state index contributed by atoms with van der Waals surface area (Å²) < 4.78 is 11.7. The molecule has 2 rings (SSSR count). The summed E-state index contributed by atoms with van der Waals surface area (Å²) in [6, 6.07) is 12.3. The first-order valence-corrected chi connectivity index (χ1v) is 7.89. The molecule has 0 aliphatic heterocycles. The first-order chi connectivity index (χ1) is 9.56. The van der Waals surface area contributed by atoms with E-state index in [4.69, 9.17) is 9.47 Å². The van der Waals surface area contributed by atoms with Gasteiger partial charge in [0.1, 0.15) is 0 Å². The standard InChI is InChI=1S/C16H16Br2O2/c1-10-5-4-6-11(7-10)16(18)12-8-14(19-2)15(20-3)9-13(12)17/h4-9,16H,1-3H3. The molecule has 0 amide bonds. The molecule has 0 aliphatic carbocycles. The normalized spacial score (nSPS) is 12.1. The molecule has 2 nitrogen and oxygen atoms in total. The van der Waals surface area contributed by atoms with Gasteiger partial charge < -0.3 is 9.47 Å². The number of benzene rings is 2. The molecule has 0 heterocycles. The average molecular weight is 400 g/mol. The third-order valence-electron chi connectivity index (χ3n) is 3.11. The van der Waals surface area contributed by atoms with Crippen LogP contribution in [0.25, 0.3) is 0 Å². The van der Waals surface area contributed by atoms with Crippen molar-refractivity contribution in [2.75, 3.05) is 14.2 Å². The number of aryl methyl sites for hydroxylation is 1. The molecule has 0 N–H and O–H groups in total. The van der Waals surface area contributed by atoms with Gasteiger partial charge in [-0.3, -0.25) is 0 Å². The quantitative estimate of drug-likeness (QED) is 0.653. The van der Waals surface area contributed by atoms with Crippen molar-refractivity contribution in [1.29, 1.82) is 0 Å². The van der Waals surface area contributed by atoms with E-state index >= 15 is 0 Å². The van der Waals surface area contributed by atoms with E-state index in [2.05, 4.69) is 63.0 Å². The smallest absolute Gasteiger partial charge is 0.161 e. The van der Waals surface area contributed by atoms with Crippen molar-refractivity contribution < 1.29 is 9.47 Å². The van der Waals surface area contributed by atoms with Gasteiger partial charge in [-0.15, -0.1) is 0 Å². The number of hydrogen-bond acceptors (Lipinski definition) is 2. The molecule has 0 spiro atoms. The Bertz CT molecular complexity index is 611. The summed E-state index contributed by atoms with van der Waals surface area (Å²) in [4.78, 5) is 0.0941. The van der Waals surface area contributed by atoms with Gasteiger partial charge >= 0.3 is 0 Å². The fourth-order valence-electron chi connectivity index (χ4n) is 2.07. The van der Waals surface area contributed by atoms with Crippen LogP contribution >= 0.6 is 31.9 Å². The second-order valence-electron chi connectivity index (χ2n) is 4.51. The van der Waals surface area contributed by atoms with E-state index in [1.54, 1.807) is 14.2 Å². The van der Waals surface area contributed by atoms with Gasteiger partial charge in [0.25, 0.3) is 0 Å². The maximum absolute atomic E-state index is 5.37. The Morgan fingerprint density at radius 2 is 1.65 bits per heavy atom. The lowest BCUT2D eigenvalue weighted by Gasteiger charge is -2.16. The molecular formula is C16H16Br2O2. The minimum Gasteiger partial charge on any atom is -0.493 e. The lowest BCUT2D eigenvalue weighted by molar-refractivity contribution is 0.354. The van der Waals surface area contributed by atoms with Crippen LogP contribution in [0.4, 0.5) is 0 Å². The van der Waals surface area contributed by atoms with Crippen LogP contribution in [-0.2, 0) is 0 Å². The second-order valence-corrected chi connectivity index (χ2v) is 6.28. The Morgan fingerprint density at radius 1 is 1.00 bits per heavy atom. The van der Waals surface area contributed by atoms with Crippen molar-refractivity contribution in [2.45, 2.75) is 11.8 Å². The highest BCUT2D eigenvalue weighted by Crippen LogP contribution is 2.41. The molecule has 106 valence electrons. The van der Waals surface area contributed by atoms with Gasteiger partial charge in [0.2, 0.25) is 0 Å². The van der Waals surface area contributed by atoms with E-state index in [1.165, 1.54) is 11.1 Å². The molecule has 0 aromatic heterocycles. The van der Waals surface area contributed by atoms with Gasteiger partial charge in [0, 0.05) is 4.47 Å². The van der Waals surface area contributed by atoms with E-state index in [0.29, 0.717) is 5.75 Å². The van der Waals surface area contributed by atoms with Crippen molar-refractivity contribution >= 4 is 31.9 Å². The molecule has 1 atom stereocenters. The van der Waals surface area contributed by atoms with E-state index in [0.717, 1.165) is 15.8 Å². The summed E-state index contributed by atoms with van der Waals surface area (Å²) in [5.41, 5.74) is 3.55. The van der Waals surface area contributed by atoms with Gasteiger partial charge in [0.15, 0.2) is 11.5 Å². The zero-order valence-electron chi connectivity index (χ0n) is 11.6. The highest BCUT2D eigenvalue weighted by Gasteiger charge is 2.17. The van der Waals surface area contributed by atoms with Gasteiger partial charge in [-0.1, -0.05) is 61.7 Å². The van der Waals surface area contributed by atoms with Crippen LogP contribution < -0.4 is 9.47 Å². The first-order valence-electron chi connectivity index (χ1n) is 6.19. The third kappa shape index (κ3) is 3.18. The predicted molar refractivity (Wildman–Crippen MR) is 89.2 cm³/mol. The third-order valence-corrected chi connectivity index (χ3v) is 4.82. The maximum atomic E-state index is 5.37. The Hall–Kier alpha value is -1.00. The van der Waals surface area contributed by atoms with Gasteiger partial charge in [0.05, 0.1) is 19.0 Å². The molecule has 0 saturated carbocycles. The second kappa shape index (κ2) is 6.64. The number of ether oxygens (including phenoxy) is 2. The molecule has 0 aliphatic rings. The summed E-state index contributed by atoms with van der Waals surface area (Å²) >= 11 is 7.36. The molecule has 2 aromatic rings. The van der Waals surface area contributed by atoms with E-state index in [1.807, 2.05) is 12.1 Å². The largest absolute Gasteiger partial charge is 0.493 e. The van der Waals surface area contributed by atoms with E-state index in [9.17, 15) is 0 Å². The van der Waals surface area contributed by atoms with Crippen LogP contribution in [0.3, 0.4) is 0 Å². The number of halogens is 2. The zero-order valence-corrected chi connectivity index (χ0v) is 14.8. The molecule has 20 heavy (non-hydrogen) atoms. The Balaban J connectivity index is 2.46. The lowest BCUT2D eigenvalue weighted by Crippen LogP contribution is -1.98. The van der Waals surface area contributed by atoms with E-state index in [-0.39, 0.29) is 4.83 Å². The molecule has 4 heteroatoms. The highest BCUT2D eigenvalue weighted by molar-refractivity contribution is 9.11. The Morgan fingerprint density at radius 3 is 2.25 bits per heavy atom. The zero-order chi connectivity index (χ0) is 14.7. The fourth-order valence-corrected chi connectivity index (χ4v) is 3.59. The van der Waals surface area contributed by atoms with Crippen molar-refractivity contribution in [3.8, 4) is 11.5 Å². The molecule has 0 saturated heterocycles. The highest BCUT2D eigenvalue weighted by atomic mass is 79.9. The average Bonchev–Trinajstić information content (AvgIpc) is 2.46. The molecule has 0 radical (unpaired) electrons. The van der Waals surface area contributed by atoms with Gasteiger partial charge in [-0.25, -0.2) is 0 Å². The number of hydrogen-bond donors (Lipinski definition) is 0. The summed E-state index contributed by atoms with van der Waals surface area (Å²) in [5.74, 6) is 1.44. The van der Waals surface area contributed by atoms with Crippen molar-refractivity contribution in [3.05, 3.63) is 57.6 Å². The number of methoxy groups -OCH3 is 2. The Kier molecular flexibility index (Phi) is 5.11. The van der Waals surface area contributed by atoms with E-state index < -0.39 is 0 Å². The molecule has 1 unspecified atom stereocenters.